The molecule has 2 aromatic heterocycles. The van der Waals surface area contributed by atoms with Crippen LogP contribution >= 0.6 is 0 Å². The highest BCUT2D eigenvalue weighted by Crippen LogP contribution is 2.26. The number of hydrogen-bond donors (Lipinski definition) is 2. The third-order valence-electron chi connectivity index (χ3n) is 4.95. The van der Waals surface area contributed by atoms with Crippen LogP contribution in [0.4, 0.5) is 0 Å². The Morgan fingerprint density at radius 2 is 1.52 bits per heavy atom. The number of amides is 2. The zero-order valence-corrected chi connectivity index (χ0v) is 17.5. The second-order valence-corrected chi connectivity index (χ2v) is 7.22. The summed E-state index contributed by atoms with van der Waals surface area (Å²) in [6, 6.07) is 18.9. The molecular formula is C24H22N4O3. The van der Waals surface area contributed by atoms with Crippen molar-refractivity contribution in [3.05, 3.63) is 95.1 Å². The summed E-state index contributed by atoms with van der Waals surface area (Å²) in [4.78, 5) is 25.5. The number of aromatic nitrogens is 2. The fraction of sp³-hybridized carbons (Fsp3) is 0.125. The van der Waals surface area contributed by atoms with Crippen molar-refractivity contribution in [1.82, 2.24) is 20.6 Å². The van der Waals surface area contributed by atoms with Gasteiger partial charge >= 0.3 is 0 Å². The van der Waals surface area contributed by atoms with Gasteiger partial charge in [-0.15, -0.1) is 0 Å². The molecule has 0 saturated heterocycles. The molecule has 7 nitrogen and oxygen atoms in total. The number of nitrogens with zero attached hydrogens (tertiary/aromatic N) is 2. The quantitative estimate of drug-likeness (QED) is 0.492. The average Bonchev–Trinajstić information content (AvgIpc) is 3.36. The van der Waals surface area contributed by atoms with Crippen LogP contribution in [0.5, 0.6) is 0 Å². The van der Waals surface area contributed by atoms with Gasteiger partial charge in [0.1, 0.15) is 17.2 Å². The lowest BCUT2D eigenvalue weighted by Crippen LogP contribution is -2.41. The topological polar surface area (TPSA) is 89.2 Å². The van der Waals surface area contributed by atoms with Gasteiger partial charge in [-0.3, -0.25) is 20.4 Å². The fourth-order valence-corrected chi connectivity index (χ4v) is 3.40. The largest absolute Gasteiger partial charge is 0.466 e. The maximum Gasteiger partial charge on any atom is 0.273 e. The summed E-state index contributed by atoms with van der Waals surface area (Å²) in [6.07, 6.45) is 1.66. The molecule has 31 heavy (non-hydrogen) atoms. The minimum Gasteiger partial charge on any atom is -0.466 e. The normalized spacial score (nSPS) is 10.7. The van der Waals surface area contributed by atoms with Gasteiger partial charge in [0, 0.05) is 11.8 Å². The Balaban J connectivity index is 1.65. The first-order chi connectivity index (χ1) is 14.9. The van der Waals surface area contributed by atoms with Crippen molar-refractivity contribution in [3.63, 3.8) is 0 Å². The number of rotatable bonds is 4. The molecular weight excluding hydrogens is 392 g/mol. The van der Waals surface area contributed by atoms with Crippen LogP contribution in [0.2, 0.25) is 0 Å². The Hall–Kier alpha value is -4.13. The van der Waals surface area contributed by atoms with Gasteiger partial charge in [0.15, 0.2) is 0 Å². The van der Waals surface area contributed by atoms with Crippen molar-refractivity contribution in [1.29, 1.82) is 0 Å². The molecule has 0 bridgehead atoms. The molecule has 0 fully saturated rings. The molecule has 2 N–H and O–H groups in total. The number of hydrogen-bond acceptors (Lipinski definition) is 4. The van der Waals surface area contributed by atoms with Gasteiger partial charge in [0.2, 0.25) is 0 Å². The summed E-state index contributed by atoms with van der Waals surface area (Å²) in [5, 5.41) is 4.66. The summed E-state index contributed by atoms with van der Waals surface area (Å²) in [6.45, 7) is 5.42. The summed E-state index contributed by atoms with van der Waals surface area (Å²) in [5.41, 5.74) is 8.86. The van der Waals surface area contributed by atoms with E-state index in [-0.39, 0.29) is 0 Å². The van der Waals surface area contributed by atoms with Crippen molar-refractivity contribution in [2.24, 2.45) is 0 Å². The second kappa shape index (κ2) is 8.31. The van der Waals surface area contributed by atoms with Crippen LogP contribution in [-0.2, 0) is 0 Å². The molecule has 0 unspecified atom stereocenters. The highest BCUT2D eigenvalue weighted by molar-refractivity contribution is 6.02. The first-order valence-electron chi connectivity index (χ1n) is 9.83. The lowest BCUT2D eigenvalue weighted by Gasteiger charge is -2.08. The molecule has 2 amide bonds. The number of nitrogens with one attached hydrogen (secondary N) is 2. The van der Waals surface area contributed by atoms with Gasteiger partial charge in [-0.05, 0) is 44.5 Å². The van der Waals surface area contributed by atoms with E-state index in [1.54, 1.807) is 30.8 Å². The summed E-state index contributed by atoms with van der Waals surface area (Å²) in [7, 11) is 0. The van der Waals surface area contributed by atoms with Gasteiger partial charge in [-0.2, -0.15) is 5.10 Å². The predicted molar refractivity (Wildman–Crippen MR) is 117 cm³/mol. The van der Waals surface area contributed by atoms with Gasteiger partial charge < -0.3 is 4.42 Å². The Bertz CT molecular complexity index is 1260. The van der Waals surface area contributed by atoms with Crippen molar-refractivity contribution in [3.8, 4) is 16.9 Å². The maximum atomic E-state index is 13.0. The molecule has 2 heterocycles. The SMILES string of the molecule is Cc1cc(C(=O)NNC(=O)c2cn(-c3ccccc3)nc2-c2ccccc2C)c(C)o1. The van der Waals surface area contributed by atoms with Crippen molar-refractivity contribution in [2.75, 3.05) is 0 Å². The van der Waals surface area contributed by atoms with Crippen LogP contribution in [0, 0.1) is 20.8 Å². The molecule has 7 heteroatoms. The van der Waals surface area contributed by atoms with E-state index in [9.17, 15) is 9.59 Å². The Morgan fingerprint density at radius 1 is 0.871 bits per heavy atom. The third kappa shape index (κ3) is 4.11. The number of hydrazine groups is 1. The molecule has 0 aliphatic carbocycles. The first kappa shape index (κ1) is 20.2. The van der Waals surface area contributed by atoms with E-state index in [1.807, 2.05) is 61.5 Å². The minimum atomic E-state index is -0.466. The number of carbonyl (C=O) groups is 2. The first-order valence-corrected chi connectivity index (χ1v) is 9.83. The Kier molecular flexibility index (Phi) is 5.41. The Labute approximate surface area is 179 Å². The van der Waals surface area contributed by atoms with Gasteiger partial charge in [-0.25, -0.2) is 4.68 Å². The van der Waals surface area contributed by atoms with Crippen molar-refractivity contribution in [2.45, 2.75) is 20.8 Å². The van der Waals surface area contributed by atoms with Gasteiger partial charge in [0.05, 0.1) is 16.8 Å². The summed E-state index contributed by atoms with van der Waals surface area (Å²) in [5.74, 6) is 0.198. The molecule has 0 aliphatic rings. The molecule has 0 radical (unpaired) electrons. The number of aryl methyl sites for hydroxylation is 3. The Morgan fingerprint density at radius 3 is 2.16 bits per heavy atom. The van der Waals surface area contributed by atoms with E-state index in [0.29, 0.717) is 28.3 Å². The molecule has 156 valence electrons. The molecule has 0 spiro atoms. The molecule has 0 atom stereocenters. The van der Waals surface area contributed by atoms with Gasteiger partial charge in [-0.1, -0.05) is 42.5 Å². The zero-order valence-electron chi connectivity index (χ0n) is 17.5. The van der Waals surface area contributed by atoms with E-state index in [2.05, 4.69) is 16.0 Å². The highest BCUT2D eigenvalue weighted by Gasteiger charge is 2.21. The van der Waals surface area contributed by atoms with Crippen LogP contribution in [0.3, 0.4) is 0 Å². The second-order valence-electron chi connectivity index (χ2n) is 7.22. The third-order valence-corrected chi connectivity index (χ3v) is 4.95. The minimum absolute atomic E-state index is 0.346. The van der Waals surface area contributed by atoms with Crippen molar-refractivity contribution >= 4 is 11.8 Å². The van der Waals surface area contributed by atoms with E-state index in [4.69, 9.17) is 4.42 Å². The fourth-order valence-electron chi connectivity index (χ4n) is 3.40. The predicted octanol–water partition coefficient (Wildman–Crippen LogP) is 4.13. The standard InChI is InChI=1S/C24H22N4O3/c1-15-9-7-8-12-19(15)22-21(14-28(27-22)18-10-5-4-6-11-18)24(30)26-25-23(29)20-13-16(2)31-17(20)3/h4-14H,1-3H3,(H,25,29)(H,26,30). The highest BCUT2D eigenvalue weighted by atomic mass is 16.3. The van der Waals surface area contributed by atoms with E-state index < -0.39 is 11.8 Å². The maximum absolute atomic E-state index is 13.0. The molecule has 4 rings (SSSR count). The van der Waals surface area contributed by atoms with E-state index in [1.165, 1.54) is 0 Å². The number of benzene rings is 2. The lowest BCUT2D eigenvalue weighted by molar-refractivity contribution is 0.0846. The van der Waals surface area contributed by atoms with Crippen LogP contribution in [-0.4, -0.2) is 21.6 Å². The molecule has 4 aromatic rings. The van der Waals surface area contributed by atoms with Crippen LogP contribution in [0.1, 0.15) is 37.8 Å². The van der Waals surface area contributed by atoms with Crippen molar-refractivity contribution < 1.29 is 14.0 Å². The average molecular weight is 414 g/mol. The number of carbonyl (C=O) groups excluding carboxylic acids is 2. The van der Waals surface area contributed by atoms with Gasteiger partial charge in [0.25, 0.3) is 11.8 Å². The number of furan rings is 1. The molecule has 0 saturated carbocycles. The smallest absolute Gasteiger partial charge is 0.273 e. The van der Waals surface area contributed by atoms with Crippen LogP contribution in [0.15, 0.2) is 71.3 Å². The zero-order chi connectivity index (χ0) is 22.0. The summed E-state index contributed by atoms with van der Waals surface area (Å²) >= 11 is 0. The van der Waals surface area contributed by atoms with Crippen LogP contribution in [0.25, 0.3) is 16.9 Å². The molecule has 0 aliphatic heterocycles. The summed E-state index contributed by atoms with van der Waals surface area (Å²) < 4.78 is 7.04. The monoisotopic (exact) mass is 414 g/mol. The van der Waals surface area contributed by atoms with E-state index in [0.717, 1.165) is 16.8 Å². The van der Waals surface area contributed by atoms with E-state index >= 15 is 0 Å². The van der Waals surface area contributed by atoms with Crippen LogP contribution < -0.4 is 10.9 Å². The molecule has 2 aromatic carbocycles. The number of para-hydroxylation sites is 1. The lowest BCUT2D eigenvalue weighted by atomic mass is 10.0.